The number of halogens is 2. The Morgan fingerprint density at radius 2 is 1.71 bits per heavy atom. The summed E-state index contributed by atoms with van der Waals surface area (Å²) in [5.41, 5.74) is 0.681. The molecule has 0 atom stereocenters. The molecule has 2 amide bonds. The van der Waals surface area contributed by atoms with Crippen LogP contribution in [0.25, 0.3) is 0 Å². The summed E-state index contributed by atoms with van der Waals surface area (Å²) in [6.45, 7) is 0. The smallest absolute Gasteiger partial charge is 0.260 e. The molecule has 2 aromatic rings. The molecule has 0 aliphatic heterocycles. The second-order valence-corrected chi connectivity index (χ2v) is 4.61. The first-order valence-corrected chi connectivity index (χ1v) is 6.48. The van der Waals surface area contributed by atoms with Gasteiger partial charge in [-0.3, -0.25) is 9.59 Å². The molecule has 2 rings (SSSR count). The Bertz CT molecular complexity index is 666. The van der Waals surface area contributed by atoms with Gasteiger partial charge in [-0.15, -0.1) is 0 Å². The maximum atomic E-state index is 13.6. The van der Waals surface area contributed by atoms with Gasteiger partial charge in [-0.2, -0.15) is 0 Å². The molecule has 0 aliphatic rings. The molecule has 0 bridgehead atoms. The Labute approximate surface area is 125 Å². The van der Waals surface area contributed by atoms with Crippen LogP contribution in [-0.2, 0) is 0 Å². The average Bonchev–Trinajstić information content (AvgIpc) is 2.47. The number of carbonyl (C=O) groups excluding carboxylic acids is 2. The Morgan fingerprint density at radius 1 is 1.05 bits per heavy atom. The van der Waals surface area contributed by atoms with E-state index in [1.54, 1.807) is 24.3 Å². The van der Waals surface area contributed by atoms with Crippen LogP contribution in [-0.4, -0.2) is 18.9 Å². The Morgan fingerprint density at radius 3 is 2.29 bits per heavy atom. The van der Waals surface area contributed by atoms with E-state index in [1.165, 1.54) is 19.2 Å². The molecule has 21 heavy (non-hydrogen) atoms. The van der Waals surface area contributed by atoms with Crippen molar-refractivity contribution in [3.8, 4) is 0 Å². The number of nitrogens with one attached hydrogen (secondary N) is 2. The highest BCUT2D eigenvalue weighted by Crippen LogP contribution is 2.20. The van der Waals surface area contributed by atoms with Gasteiger partial charge in [0.05, 0.1) is 10.6 Å². The minimum atomic E-state index is -0.693. The summed E-state index contributed by atoms with van der Waals surface area (Å²) in [6.07, 6.45) is 0. The number of anilines is 1. The molecule has 2 aromatic carbocycles. The summed E-state index contributed by atoms with van der Waals surface area (Å²) in [4.78, 5) is 23.4. The van der Waals surface area contributed by atoms with Crippen molar-refractivity contribution < 1.29 is 14.0 Å². The Hall–Kier alpha value is -2.40. The number of amides is 2. The first kappa shape index (κ1) is 15.0. The lowest BCUT2D eigenvalue weighted by atomic mass is 10.1. The molecular weight excluding hydrogens is 295 g/mol. The third-order valence-corrected chi connectivity index (χ3v) is 3.14. The standard InChI is InChI=1S/C15H12ClFN2O2/c1-18-14(20)9-5-7-10(8-6-9)19-15(21)13-11(16)3-2-4-12(13)17/h2-8H,1H3,(H,18,20)(H,19,21). The van der Waals surface area contributed by atoms with E-state index < -0.39 is 11.7 Å². The van der Waals surface area contributed by atoms with Gasteiger partial charge in [0.2, 0.25) is 0 Å². The molecule has 0 spiro atoms. The highest BCUT2D eigenvalue weighted by Gasteiger charge is 2.15. The van der Waals surface area contributed by atoms with E-state index in [9.17, 15) is 14.0 Å². The number of benzene rings is 2. The van der Waals surface area contributed by atoms with Crippen molar-refractivity contribution in [3.05, 3.63) is 64.4 Å². The predicted molar refractivity (Wildman–Crippen MR) is 79.2 cm³/mol. The van der Waals surface area contributed by atoms with Crippen molar-refractivity contribution in [2.45, 2.75) is 0 Å². The van der Waals surface area contributed by atoms with Crippen molar-refractivity contribution >= 4 is 29.1 Å². The zero-order valence-electron chi connectivity index (χ0n) is 11.1. The monoisotopic (exact) mass is 306 g/mol. The molecule has 6 heteroatoms. The van der Waals surface area contributed by atoms with Gasteiger partial charge in [0, 0.05) is 18.3 Å². The first-order valence-electron chi connectivity index (χ1n) is 6.10. The van der Waals surface area contributed by atoms with Crippen LogP contribution in [0.3, 0.4) is 0 Å². The SMILES string of the molecule is CNC(=O)c1ccc(NC(=O)c2c(F)cccc2Cl)cc1. The van der Waals surface area contributed by atoms with Crippen LogP contribution in [0, 0.1) is 5.82 Å². The summed E-state index contributed by atoms with van der Waals surface area (Å²) < 4.78 is 13.6. The number of hydrogen-bond donors (Lipinski definition) is 2. The molecule has 4 nitrogen and oxygen atoms in total. The minimum absolute atomic E-state index is 0.0366. The zero-order chi connectivity index (χ0) is 15.4. The highest BCUT2D eigenvalue weighted by molar-refractivity contribution is 6.34. The summed E-state index contributed by atoms with van der Waals surface area (Å²) in [6, 6.07) is 10.2. The first-order chi connectivity index (χ1) is 10.0. The lowest BCUT2D eigenvalue weighted by Gasteiger charge is -2.08. The number of rotatable bonds is 3. The molecular formula is C15H12ClFN2O2. The summed E-state index contributed by atoms with van der Waals surface area (Å²) >= 11 is 5.82. The molecule has 0 fully saturated rings. The fraction of sp³-hybridized carbons (Fsp3) is 0.0667. The van der Waals surface area contributed by atoms with Gasteiger partial charge in [-0.25, -0.2) is 4.39 Å². The number of hydrogen-bond acceptors (Lipinski definition) is 2. The van der Waals surface area contributed by atoms with Gasteiger partial charge in [0.1, 0.15) is 5.82 Å². The maximum absolute atomic E-state index is 13.6. The Kier molecular flexibility index (Phi) is 4.55. The van der Waals surface area contributed by atoms with Gasteiger partial charge in [0.15, 0.2) is 0 Å². The van der Waals surface area contributed by atoms with E-state index in [-0.39, 0.29) is 16.5 Å². The van der Waals surface area contributed by atoms with Crippen molar-refractivity contribution in [1.29, 1.82) is 0 Å². The Balaban J connectivity index is 2.18. The van der Waals surface area contributed by atoms with Crippen molar-refractivity contribution in [2.75, 3.05) is 12.4 Å². The molecule has 108 valence electrons. The highest BCUT2D eigenvalue weighted by atomic mass is 35.5. The van der Waals surface area contributed by atoms with Crippen LogP contribution in [0.15, 0.2) is 42.5 Å². The van der Waals surface area contributed by atoms with Gasteiger partial charge in [-0.1, -0.05) is 17.7 Å². The average molecular weight is 307 g/mol. The maximum Gasteiger partial charge on any atom is 0.260 e. The fourth-order valence-corrected chi connectivity index (χ4v) is 2.01. The van der Waals surface area contributed by atoms with Gasteiger partial charge >= 0.3 is 0 Å². The zero-order valence-corrected chi connectivity index (χ0v) is 11.9. The summed E-state index contributed by atoms with van der Waals surface area (Å²) in [7, 11) is 1.53. The topological polar surface area (TPSA) is 58.2 Å². The predicted octanol–water partition coefficient (Wildman–Crippen LogP) is 3.09. The fourth-order valence-electron chi connectivity index (χ4n) is 1.76. The van der Waals surface area contributed by atoms with E-state index in [0.717, 1.165) is 6.07 Å². The minimum Gasteiger partial charge on any atom is -0.355 e. The van der Waals surface area contributed by atoms with Gasteiger partial charge < -0.3 is 10.6 Å². The lowest BCUT2D eigenvalue weighted by Crippen LogP contribution is -2.18. The molecule has 0 aliphatic carbocycles. The summed E-state index contributed by atoms with van der Waals surface area (Å²) in [5, 5.41) is 5.05. The second kappa shape index (κ2) is 6.37. The van der Waals surface area contributed by atoms with E-state index in [2.05, 4.69) is 10.6 Å². The molecule has 2 N–H and O–H groups in total. The molecule has 0 aromatic heterocycles. The second-order valence-electron chi connectivity index (χ2n) is 4.21. The van der Waals surface area contributed by atoms with Crippen LogP contribution in [0.4, 0.5) is 10.1 Å². The quantitative estimate of drug-likeness (QED) is 0.915. The largest absolute Gasteiger partial charge is 0.355 e. The van der Waals surface area contributed by atoms with Crippen molar-refractivity contribution in [2.24, 2.45) is 0 Å². The van der Waals surface area contributed by atoms with Gasteiger partial charge in [0.25, 0.3) is 11.8 Å². The lowest BCUT2D eigenvalue weighted by molar-refractivity contribution is 0.0962. The van der Waals surface area contributed by atoms with Gasteiger partial charge in [-0.05, 0) is 36.4 Å². The van der Waals surface area contributed by atoms with Crippen LogP contribution in [0.1, 0.15) is 20.7 Å². The molecule has 0 heterocycles. The van der Waals surface area contributed by atoms with E-state index >= 15 is 0 Å². The normalized spacial score (nSPS) is 10.0. The van der Waals surface area contributed by atoms with E-state index in [0.29, 0.717) is 11.3 Å². The van der Waals surface area contributed by atoms with Crippen molar-refractivity contribution in [3.63, 3.8) is 0 Å². The third-order valence-electron chi connectivity index (χ3n) is 2.82. The van der Waals surface area contributed by atoms with Crippen LogP contribution >= 0.6 is 11.6 Å². The van der Waals surface area contributed by atoms with E-state index in [1.807, 2.05) is 0 Å². The van der Waals surface area contributed by atoms with Crippen LogP contribution in [0.5, 0.6) is 0 Å². The summed E-state index contributed by atoms with van der Waals surface area (Å²) in [5.74, 6) is -1.57. The number of carbonyl (C=O) groups is 2. The molecule has 0 saturated heterocycles. The third kappa shape index (κ3) is 3.38. The van der Waals surface area contributed by atoms with Crippen molar-refractivity contribution in [1.82, 2.24) is 5.32 Å². The molecule has 0 saturated carbocycles. The molecule has 0 radical (unpaired) electrons. The van der Waals surface area contributed by atoms with E-state index in [4.69, 9.17) is 11.6 Å². The molecule has 0 unspecified atom stereocenters. The van der Waals surface area contributed by atoms with Crippen LogP contribution in [0.2, 0.25) is 5.02 Å². The van der Waals surface area contributed by atoms with Crippen LogP contribution < -0.4 is 10.6 Å².